The third-order valence-electron chi connectivity index (χ3n) is 3.55. The minimum absolute atomic E-state index is 0.0126. The van der Waals surface area contributed by atoms with Gasteiger partial charge in [0.1, 0.15) is 18.0 Å². The lowest BCUT2D eigenvalue weighted by molar-refractivity contribution is -0.00461. The smallest absolute Gasteiger partial charge is 0.146 e. The van der Waals surface area contributed by atoms with Crippen molar-refractivity contribution in [3.63, 3.8) is 0 Å². The molecule has 0 saturated carbocycles. The SMILES string of the molecule is CNCc1ccc(N2CC(OC)C(OC)C2)c(F)c1. The van der Waals surface area contributed by atoms with E-state index in [0.717, 1.165) is 5.56 Å². The summed E-state index contributed by atoms with van der Waals surface area (Å²) in [5.74, 6) is -0.195. The normalized spacial score (nSPS) is 23.1. The summed E-state index contributed by atoms with van der Waals surface area (Å²) in [6, 6.07) is 5.34. The average Bonchev–Trinajstić information content (AvgIpc) is 2.82. The largest absolute Gasteiger partial charge is 0.377 e. The third-order valence-corrected chi connectivity index (χ3v) is 3.55. The van der Waals surface area contributed by atoms with Crippen LogP contribution in [0.15, 0.2) is 18.2 Å². The van der Waals surface area contributed by atoms with Gasteiger partial charge in [0.15, 0.2) is 0 Å². The Morgan fingerprint density at radius 2 is 1.89 bits per heavy atom. The molecule has 0 spiro atoms. The number of benzene rings is 1. The zero-order valence-electron chi connectivity index (χ0n) is 11.6. The van der Waals surface area contributed by atoms with Crippen LogP contribution < -0.4 is 10.2 Å². The van der Waals surface area contributed by atoms with Gasteiger partial charge in [0, 0.05) is 33.9 Å². The highest BCUT2D eigenvalue weighted by Gasteiger charge is 2.34. The first-order valence-electron chi connectivity index (χ1n) is 6.43. The van der Waals surface area contributed by atoms with Gasteiger partial charge in [-0.25, -0.2) is 4.39 Å². The van der Waals surface area contributed by atoms with Crippen LogP contribution in [0, 0.1) is 5.82 Å². The van der Waals surface area contributed by atoms with Crippen LogP contribution in [0.5, 0.6) is 0 Å². The van der Waals surface area contributed by atoms with E-state index in [4.69, 9.17) is 9.47 Å². The highest BCUT2D eigenvalue weighted by molar-refractivity contribution is 5.50. The van der Waals surface area contributed by atoms with Gasteiger partial charge in [-0.3, -0.25) is 0 Å². The first kappa shape index (κ1) is 14.2. The molecule has 1 fully saturated rings. The maximum absolute atomic E-state index is 14.1. The number of nitrogens with one attached hydrogen (secondary N) is 1. The fourth-order valence-electron chi connectivity index (χ4n) is 2.51. The second kappa shape index (κ2) is 6.32. The van der Waals surface area contributed by atoms with E-state index in [9.17, 15) is 4.39 Å². The zero-order chi connectivity index (χ0) is 13.8. The Kier molecular flexibility index (Phi) is 4.74. The highest BCUT2D eigenvalue weighted by atomic mass is 19.1. The predicted molar refractivity (Wildman–Crippen MR) is 73.0 cm³/mol. The molecule has 1 heterocycles. The fourth-order valence-corrected chi connectivity index (χ4v) is 2.51. The fraction of sp³-hybridized carbons (Fsp3) is 0.571. The first-order valence-corrected chi connectivity index (χ1v) is 6.43. The summed E-state index contributed by atoms with van der Waals surface area (Å²) >= 11 is 0. The first-order chi connectivity index (χ1) is 9.19. The van der Waals surface area contributed by atoms with Gasteiger partial charge in [0.05, 0.1) is 5.69 Å². The zero-order valence-corrected chi connectivity index (χ0v) is 11.6. The van der Waals surface area contributed by atoms with Crippen molar-refractivity contribution in [2.24, 2.45) is 0 Å². The Morgan fingerprint density at radius 3 is 2.37 bits per heavy atom. The second-order valence-electron chi connectivity index (χ2n) is 4.77. The van der Waals surface area contributed by atoms with E-state index in [2.05, 4.69) is 5.32 Å². The minimum atomic E-state index is -0.195. The molecule has 19 heavy (non-hydrogen) atoms. The summed E-state index contributed by atoms with van der Waals surface area (Å²) in [7, 11) is 5.16. The molecule has 1 aliphatic rings. The lowest BCUT2D eigenvalue weighted by atomic mass is 10.2. The van der Waals surface area contributed by atoms with E-state index in [0.29, 0.717) is 25.3 Å². The van der Waals surface area contributed by atoms with Crippen molar-refractivity contribution in [1.29, 1.82) is 0 Å². The minimum Gasteiger partial charge on any atom is -0.377 e. The van der Waals surface area contributed by atoms with Gasteiger partial charge >= 0.3 is 0 Å². The number of nitrogens with zero attached hydrogens (tertiary/aromatic N) is 1. The topological polar surface area (TPSA) is 33.7 Å². The van der Waals surface area contributed by atoms with Crippen LogP contribution >= 0.6 is 0 Å². The van der Waals surface area contributed by atoms with Crippen LogP contribution in [0.1, 0.15) is 5.56 Å². The standard InChI is InChI=1S/C14H21FN2O2/c1-16-7-10-4-5-12(11(15)6-10)17-8-13(18-2)14(9-17)19-3/h4-6,13-14,16H,7-9H2,1-3H3. The number of methoxy groups -OCH3 is 2. The van der Waals surface area contributed by atoms with Gasteiger partial charge in [-0.2, -0.15) is 0 Å². The summed E-state index contributed by atoms with van der Waals surface area (Å²) in [6.07, 6.45) is -0.0252. The molecule has 2 rings (SSSR count). The van der Waals surface area contributed by atoms with E-state index in [1.165, 1.54) is 0 Å². The Bertz CT molecular complexity index is 416. The van der Waals surface area contributed by atoms with E-state index in [-0.39, 0.29) is 18.0 Å². The molecule has 0 amide bonds. The summed E-state index contributed by atoms with van der Waals surface area (Å²) < 4.78 is 24.9. The molecule has 0 aromatic heterocycles. The molecule has 0 radical (unpaired) electrons. The average molecular weight is 268 g/mol. The van der Waals surface area contributed by atoms with Gasteiger partial charge in [0.2, 0.25) is 0 Å². The molecule has 106 valence electrons. The quantitative estimate of drug-likeness (QED) is 0.875. The van der Waals surface area contributed by atoms with Gasteiger partial charge in [0.25, 0.3) is 0 Å². The molecule has 1 aliphatic heterocycles. The molecule has 0 bridgehead atoms. The van der Waals surface area contributed by atoms with Crippen LogP contribution in [0.4, 0.5) is 10.1 Å². The van der Waals surface area contributed by atoms with Crippen molar-refractivity contribution >= 4 is 5.69 Å². The molecule has 5 heteroatoms. The monoisotopic (exact) mass is 268 g/mol. The number of hydrogen-bond acceptors (Lipinski definition) is 4. The van der Waals surface area contributed by atoms with Crippen molar-refractivity contribution in [3.05, 3.63) is 29.6 Å². The van der Waals surface area contributed by atoms with Gasteiger partial charge in [-0.1, -0.05) is 6.07 Å². The number of hydrogen-bond donors (Lipinski definition) is 1. The number of halogens is 1. The number of rotatable bonds is 5. The molecule has 0 aliphatic carbocycles. The highest BCUT2D eigenvalue weighted by Crippen LogP contribution is 2.26. The third kappa shape index (κ3) is 3.05. The summed E-state index contributed by atoms with van der Waals surface area (Å²) in [5.41, 5.74) is 1.55. The van der Waals surface area contributed by atoms with Crippen LogP contribution in [0.3, 0.4) is 0 Å². The molecule has 2 atom stereocenters. The molecule has 4 nitrogen and oxygen atoms in total. The van der Waals surface area contributed by atoms with Crippen molar-refractivity contribution < 1.29 is 13.9 Å². The molecule has 2 unspecified atom stereocenters. The Hall–Kier alpha value is -1.17. The number of anilines is 1. The molecular weight excluding hydrogens is 247 g/mol. The van der Waals surface area contributed by atoms with Crippen LogP contribution in [0.2, 0.25) is 0 Å². The van der Waals surface area contributed by atoms with Crippen LogP contribution in [-0.2, 0) is 16.0 Å². The van der Waals surface area contributed by atoms with Gasteiger partial charge < -0.3 is 19.7 Å². The molecule has 1 aromatic rings. The van der Waals surface area contributed by atoms with Crippen molar-refractivity contribution in [2.45, 2.75) is 18.8 Å². The number of ether oxygens (including phenoxy) is 2. The van der Waals surface area contributed by atoms with E-state index >= 15 is 0 Å². The molecule has 1 saturated heterocycles. The molecular formula is C14H21FN2O2. The van der Waals surface area contributed by atoms with Crippen LogP contribution in [-0.4, -0.2) is 46.6 Å². The lowest BCUT2D eigenvalue weighted by Gasteiger charge is -2.19. The van der Waals surface area contributed by atoms with E-state index < -0.39 is 0 Å². The van der Waals surface area contributed by atoms with Crippen molar-refractivity contribution in [3.8, 4) is 0 Å². The van der Waals surface area contributed by atoms with Gasteiger partial charge in [-0.05, 0) is 24.7 Å². The summed E-state index contributed by atoms with van der Waals surface area (Å²) in [5, 5.41) is 3.01. The summed E-state index contributed by atoms with van der Waals surface area (Å²) in [6.45, 7) is 1.97. The van der Waals surface area contributed by atoms with Gasteiger partial charge in [-0.15, -0.1) is 0 Å². The van der Waals surface area contributed by atoms with Crippen LogP contribution in [0.25, 0.3) is 0 Å². The Morgan fingerprint density at radius 1 is 1.26 bits per heavy atom. The van der Waals surface area contributed by atoms with E-state index in [1.54, 1.807) is 20.3 Å². The molecule has 1 aromatic carbocycles. The predicted octanol–water partition coefficient (Wildman–Crippen LogP) is 1.40. The molecule has 1 N–H and O–H groups in total. The maximum Gasteiger partial charge on any atom is 0.146 e. The van der Waals surface area contributed by atoms with E-state index in [1.807, 2.05) is 24.1 Å². The van der Waals surface area contributed by atoms with Crippen molar-refractivity contribution in [2.75, 3.05) is 39.3 Å². The van der Waals surface area contributed by atoms with Crippen molar-refractivity contribution in [1.82, 2.24) is 5.32 Å². The summed E-state index contributed by atoms with van der Waals surface area (Å²) in [4.78, 5) is 1.97. The second-order valence-corrected chi connectivity index (χ2v) is 4.77. The maximum atomic E-state index is 14.1. The Balaban J connectivity index is 2.14. The Labute approximate surface area is 113 Å². The lowest BCUT2D eigenvalue weighted by Crippen LogP contribution is -2.27.